The van der Waals surface area contributed by atoms with Crippen molar-refractivity contribution < 1.29 is 24.9 Å². The van der Waals surface area contributed by atoms with Crippen LogP contribution >= 0.6 is 0 Å². The Balaban J connectivity index is 1.65. The van der Waals surface area contributed by atoms with Gasteiger partial charge < -0.3 is 25.1 Å². The predicted molar refractivity (Wildman–Crippen MR) is 89.7 cm³/mol. The first-order valence-corrected chi connectivity index (χ1v) is 7.84. The summed E-state index contributed by atoms with van der Waals surface area (Å²) < 4.78 is 0. The lowest BCUT2D eigenvalue weighted by molar-refractivity contribution is 0.0535. The van der Waals surface area contributed by atoms with Crippen molar-refractivity contribution in [1.82, 2.24) is 9.80 Å². The number of hydrogen-bond donors (Lipinski definition) is 3. The fourth-order valence-electron chi connectivity index (χ4n) is 2.84. The number of carbonyl (C=O) groups excluding carboxylic acids is 2. The molecule has 2 aromatic rings. The molecule has 7 nitrogen and oxygen atoms in total. The molecule has 0 radical (unpaired) electrons. The van der Waals surface area contributed by atoms with Gasteiger partial charge in [-0.2, -0.15) is 0 Å². The normalized spacial score (nSPS) is 14.4. The van der Waals surface area contributed by atoms with Crippen molar-refractivity contribution in [2.75, 3.05) is 26.2 Å². The zero-order valence-corrected chi connectivity index (χ0v) is 13.4. The smallest absolute Gasteiger partial charge is 0.254 e. The summed E-state index contributed by atoms with van der Waals surface area (Å²) in [6.45, 7) is 1.43. The summed E-state index contributed by atoms with van der Waals surface area (Å²) >= 11 is 0. The fourth-order valence-corrected chi connectivity index (χ4v) is 2.84. The number of hydrogen-bond acceptors (Lipinski definition) is 5. The number of nitrogens with zero attached hydrogens (tertiary/aromatic N) is 2. The van der Waals surface area contributed by atoms with Crippen LogP contribution in [0, 0.1) is 0 Å². The second-order valence-corrected chi connectivity index (χ2v) is 5.87. The van der Waals surface area contributed by atoms with Crippen molar-refractivity contribution in [3.63, 3.8) is 0 Å². The van der Waals surface area contributed by atoms with Crippen LogP contribution in [0.1, 0.15) is 20.7 Å². The summed E-state index contributed by atoms with van der Waals surface area (Å²) in [5.41, 5.74) is 0.600. The topological polar surface area (TPSA) is 101 Å². The highest BCUT2D eigenvalue weighted by molar-refractivity contribution is 5.96. The fraction of sp³-hybridized carbons (Fsp3) is 0.222. The first-order valence-electron chi connectivity index (χ1n) is 7.84. The highest BCUT2D eigenvalue weighted by Gasteiger charge is 2.26. The van der Waals surface area contributed by atoms with Crippen LogP contribution in [0.3, 0.4) is 0 Å². The second kappa shape index (κ2) is 6.72. The molecule has 0 saturated carbocycles. The number of rotatable bonds is 2. The Labute approximate surface area is 144 Å². The van der Waals surface area contributed by atoms with Crippen molar-refractivity contribution in [2.45, 2.75) is 0 Å². The van der Waals surface area contributed by atoms with Gasteiger partial charge in [0.15, 0.2) is 0 Å². The molecule has 130 valence electrons. The van der Waals surface area contributed by atoms with Crippen molar-refractivity contribution in [3.8, 4) is 17.2 Å². The predicted octanol–water partition coefficient (Wildman–Crippen LogP) is 1.40. The highest BCUT2D eigenvalue weighted by Crippen LogP contribution is 2.22. The van der Waals surface area contributed by atoms with Crippen molar-refractivity contribution in [3.05, 3.63) is 53.6 Å². The van der Waals surface area contributed by atoms with Crippen LogP contribution in [-0.4, -0.2) is 63.1 Å². The standard InChI is InChI=1S/C18H18N2O5/c21-14-3-1-2-12(8-14)17(24)19-4-6-20(7-5-19)18(25)13-9-15(22)11-16(23)10-13/h1-3,8-11,21-23H,4-7H2. The summed E-state index contributed by atoms with van der Waals surface area (Å²) in [5.74, 6) is -0.834. The van der Waals surface area contributed by atoms with Crippen LogP contribution in [0.4, 0.5) is 0 Å². The minimum atomic E-state index is -0.310. The van der Waals surface area contributed by atoms with Gasteiger partial charge in [-0.3, -0.25) is 9.59 Å². The molecular weight excluding hydrogens is 324 g/mol. The van der Waals surface area contributed by atoms with Gasteiger partial charge in [0.1, 0.15) is 17.2 Å². The van der Waals surface area contributed by atoms with Crippen LogP contribution in [0.2, 0.25) is 0 Å². The van der Waals surface area contributed by atoms with E-state index in [1.165, 1.54) is 24.3 Å². The first kappa shape index (κ1) is 16.6. The third-order valence-electron chi connectivity index (χ3n) is 4.10. The van der Waals surface area contributed by atoms with Crippen LogP contribution in [0.5, 0.6) is 17.2 Å². The lowest BCUT2D eigenvalue weighted by Crippen LogP contribution is -2.50. The van der Waals surface area contributed by atoms with Gasteiger partial charge >= 0.3 is 0 Å². The minimum absolute atomic E-state index is 0.0309. The van der Waals surface area contributed by atoms with Gasteiger partial charge in [-0.05, 0) is 30.3 Å². The molecule has 25 heavy (non-hydrogen) atoms. The van der Waals surface area contributed by atoms with E-state index in [1.54, 1.807) is 21.9 Å². The molecular formula is C18H18N2O5. The third-order valence-corrected chi connectivity index (χ3v) is 4.10. The zero-order valence-electron chi connectivity index (χ0n) is 13.4. The summed E-state index contributed by atoms with van der Waals surface area (Å²) in [6, 6.07) is 9.90. The van der Waals surface area contributed by atoms with E-state index in [0.29, 0.717) is 31.7 Å². The van der Waals surface area contributed by atoms with Gasteiger partial charge in [0.05, 0.1) is 0 Å². The third kappa shape index (κ3) is 3.65. The first-order chi connectivity index (χ1) is 11.9. The van der Waals surface area contributed by atoms with E-state index < -0.39 is 0 Å². The summed E-state index contributed by atoms with van der Waals surface area (Å²) in [4.78, 5) is 28.1. The number of carbonyl (C=O) groups is 2. The van der Waals surface area contributed by atoms with E-state index in [0.717, 1.165) is 6.07 Å². The van der Waals surface area contributed by atoms with E-state index in [1.807, 2.05) is 0 Å². The Morgan fingerprint density at radius 2 is 1.16 bits per heavy atom. The SMILES string of the molecule is O=C(c1cccc(O)c1)N1CCN(C(=O)c2cc(O)cc(O)c2)CC1. The summed E-state index contributed by atoms with van der Waals surface area (Å²) in [5, 5.41) is 28.5. The molecule has 2 amide bonds. The van der Waals surface area contributed by atoms with Crippen LogP contribution < -0.4 is 0 Å². The van der Waals surface area contributed by atoms with E-state index in [2.05, 4.69) is 0 Å². The molecule has 1 aliphatic heterocycles. The molecule has 0 aromatic heterocycles. The van der Waals surface area contributed by atoms with Gasteiger partial charge in [0.25, 0.3) is 11.8 Å². The number of phenols is 3. The maximum Gasteiger partial charge on any atom is 0.254 e. The Morgan fingerprint density at radius 1 is 0.680 bits per heavy atom. The van der Waals surface area contributed by atoms with E-state index >= 15 is 0 Å². The minimum Gasteiger partial charge on any atom is -0.508 e. The van der Waals surface area contributed by atoms with Gasteiger partial charge in [0, 0.05) is 43.4 Å². The molecule has 0 aliphatic carbocycles. The molecule has 0 unspecified atom stereocenters. The lowest BCUT2D eigenvalue weighted by Gasteiger charge is -2.35. The van der Waals surface area contributed by atoms with Crippen molar-refractivity contribution in [1.29, 1.82) is 0 Å². The largest absolute Gasteiger partial charge is 0.508 e. The number of amides is 2. The molecule has 1 saturated heterocycles. The maximum atomic E-state index is 12.5. The Hall–Kier alpha value is -3.22. The average Bonchev–Trinajstić information content (AvgIpc) is 2.60. The van der Waals surface area contributed by atoms with E-state index in [9.17, 15) is 24.9 Å². The van der Waals surface area contributed by atoms with Gasteiger partial charge in [0.2, 0.25) is 0 Å². The monoisotopic (exact) mass is 342 g/mol. The zero-order chi connectivity index (χ0) is 18.0. The van der Waals surface area contributed by atoms with Crippen molar-refractivity contribution in [2.24, 2.45) is 0 Å². The van der Waals surface area contributed by atoms with Gasteiger partial charge in [-0.25, -0.2) is 0 Å². The quantitative estimate of drug-likeness (QED) is 0.766. The Kier molecular flexibility index (Phi) is 4.47. The summed E-state index contributed by atoms with van der Waals surface area (Å²) in [6.07, 6.45) is 0. The Morgan fingerprint density at radius 3 is 1.68 bits per heavy atom. The average molecular weight is 342 g/mol. The lowest BCUT2D eigenvalue weighted by atomic mass is 10.1. The summed E-state index contributed by atoms with van der Waals surface area (Å²) in [7, 11) is 0. The Bertz CT molecular complexity index is 793. The highest BCUT2D eigenvalue weighted by atomic mass is 16.3. The number of aromatic hydroxyl groups is 3. The van der Waals surface area contributed by atoms with Gasteiger partial charge in [-0.15, -0.1) is 0 Å². The van der Waals surface area contributed by atoms with Crippen LogP contribution in [0.15, 0.2) is 42.5 Å². The molecule has 0 atom stereocenters. The van der Waals surface area contributed by atoms with E-state index in [-0.39, 0.29) is 34.6 Å². The van der Waals surface area contributed by atoms with Crippen molar-refractivity contribution >= 4 is 11.8 Å². The molecule has 3 N–H and O–H groups in total. The molecule has 2 aromatic carbocycles. The molecule has 1 aliphatic rings. The molecule has 1 fully saturated rings. The maximum absolute atomic E-state index is 12.5. The second-order valence-electron chi connectivity index (χ2n) is 5.87. The molecule has 0 spiro atoms. The number of benzene rings is 2. The van der Waals surface area contributed by atoms with Crippen LogP contribution in [-0.2, 0) is 0 Å². The molecule has 1 heterocycles. The van der Waals surface area contributed by atoms with Crippen LogP contribution in [0.25, 0.3) is 0 Å². The number of piperazine rings is 1. The molecule has 3 rings (SSSR count). The van der Waals surface area contributed by atoms with E-state index in [4.69, 9.17) is 0 Å². The molecule has 0 bridgehead atoms. The van der Waals surface area contributed by atoms with Gasteiger partial charge in [-0.1, -0.05) is 6.07 Å². The molecule has 7 heteroatoms. The number of phenolic OH excluding ortho intramolecular Hbond substituents is 3.